The van der Waals surface area contributed by atoms with E-state index in [2.05, 4.69) is 5.73 Å². The van der Waals surface area contributed by atoms with E-state index in [9.17, 15) is 17.7 Å². The Bertz CT molecular complexity index is 121. The first-order chi connectivity index (χ1) is 3.89. The van der Waals surface area contributed by atoms with Gasteiger partial charge in [-0.2, -0.15) is 8.78 Å². The maximum atomic E-state index is 11.5. The molecule has 7 heteroatoms. The van der Waals surface area contributed by atoms with Crippen LogP contribution in [0.5, 0.6) is 0 Å². The standard InChI is InChI=1S/C2H3F4N3/c3-2(4,1(7)8)9(5)6/h(H3,7,8). The van der Waals surface area contributed by atoms with E-state index in [4.69, 9.17) is 5.41 Å². The van der Waals surface area contributed by atoms with Gasteiger partial charge in [-0.25, -0.2) is 0 Å². The van der Waals surface area contributed by atoms with Crippen molar-refractivity contribution in [3.63, 3.8) is 0 Å². The fourth-order valence-corrected chi connectivity index (χ4v) is 0.0911. The van der Waals surface area contributed by atoms with Crippen molar-refractivity contribution in [3.05, 3.63) is 0 Å². The molecule has 54 valence electrons. The van der Waals surface area contributed by atoms with Crippen LogP contribution in [0, 0.1) is 5.41 Å². The minimum atomic E-state index is -4.64. The molecule has 0 saturated carbocycles. The summed E-state index contributed by atoms with van der Waals surface area (Å²) in [6.45, 7) is 0. The van der Waals surface area contributed by atoms with E-state index in [1.54, 1.807) is 0 Å². The minimum Gasteiger partial charge on any atom is -0.381 e. The lowest BCUT2D eigenvalue weighted by Gasteiger charge is -2.12. The van der Waals surface area contributed by atoms with Crippen LogP contribution in [0.15, 0.2) is 0 Å². The average Bonchev–Trinajstić information content (AvgIpc) is 1.65. The second-order valence-electron chi connectivity index (χ2n) is 1.19. The lowest BCUT2D eigenvalue weighted by atomic mass is 10.5. The van der Waals surface area contributed by atoms with Gasteiger partial charge < -0.3 is 5.73 Å². The zero-order valence-corrected chi connectivity index (χ0v) is 4.04. The molecule has 3 nitrogen and oxygen atoms in total. The number of nitrogens with two attached hydrogens (primary N) is 1. The number of halogens is 4. The van der Waals surface area contributed by atoms with Crippen LogP contribution in [0.1, 0.15) is 0 Å². The molecule has 0 amide bonds. The second-order valence-corrected chi connectivity index (χ2v) is 1.19. The third-order valence-electron chi connectivity index (χ3n) is 0.536. The smallest absolute Gasteiger partial charge is 0.381 e. The molecule has 0 aliphatic carbocycles. The Morgan fingerprint density at radius 3 is 1.78 bits per heavy atom. The van der Waals surface area contributed by atoms with Gasteiger partial charge in [0.15, 0.2) is 5.84 Å². The molecule has 3 N–H and O–H groups in total. The van der Waals surface area contributed by atoms with Gasteiger partial charge in [0.05, 0.1) is 5.34 Å². The molecular weight excluding hydrogens is 142 g/mol. The van der Waals surface area contributed by atoms with Crippen LogP contribution >= 0.6 is 0 Å². The van der Waals surface area contributed by atoms with Gasteiger partial charge in [-0.3, -0.25) is 5.41 Å². The lowest BCUT2D eigenvalue weighted by molar-refractivity contribution is -0.298. The van der Waals surface area contributed by atoms with Gasteiger partial charge in [-0.1, -0.05) is 8.96 Å². The van der Waals surface area contributed by atoms with Crippen molar-refractivity contribution in [2.75, 3.05) is 0 Å². The highest BCUT2D eigenvalue weighted by molar-refractivity contribution is 5.83. The summed E-state index contributed by atoms with van der Waals surface area (Å²) in [4.78, 5) is 0. The number of hydrogen-bond donors (Lipinski definition) is 2. The van der Waals surface area contributed by atoms with Gasteiger partial charge in [0, 0.05) is 0 Å². The number of nitrogens with zero attached hydrogens (tertiary/aromatic N) is 1. The van der Waals surface area contributed by atoms with E-state index in [0.717, 1.165) is 0 Å². The van der Waals surface area contributed by atoms with E-state index < -0.39 is 17.2 Å². The molecule has 0 spiro atoms. The molecule has 0 aromatic heterocycles. The van der Waals surface area contributed by atoms with E-state index in [1.165, 1.54) is 0 Å². The van der Waals surface area contributed by atoms with Crippen molar-refractivity contribution >= 4 is 5.84 Å². The van der Waals surface area contributed by atoms with Gasteiger partial charge in [0.25, 0.3) is 0 Å². The molecular formula is C2H3F4N3. The topological polar surface area (TPSA) is 53.1 Å². The normalized spacial score (nSPS) is 12.1. The maximum absolute atomic E-state index is 11.5. The first-order valence-electron chi connectivity index (χ1n) is 1.73. The Labute approximate surface area is 47.4 Å². The highest BCUT2D eigenvalue weighted by atomic mass is 19.4. The molecule has 0 aliphatic heterocycles. The Morgan fingerprint density at radius 1 is 1.44 bits per heavy atom. The number of alkyl halides is 2. The Balaban J connectivity index is 4.19. The van der Waals surface area contributed by atoms with Crippen molar-refractivity contribution in [2.24, 2.45) is 5.73 Å². The highest BCUT2D eigenvalue weighted by Crippen LogP contribution is 2.19. The van der Waals surface area contributed by atoms with Crippen LogP contribution in [0.2, 0.25) is 0 Å². The summed E-state index contributed by atoms with van der Waals surface area (Å²) in [6, 6.07) is -4.64. The molecule has 0 bridgehead atoms. The van der Waals surface area contributed by atoms with Crippen LogP contribution in [-0.4, -0.2) is 17.2 Å². The second kappa shape index (κ2) is 2.18. The average molecular weight is 145 g/mol. The van der Waals surface area contributed by atoms with Crippen molar-refractivity contribution in [3.8, 4) is 0 Å². The number of nitrogens with one attached hydrogen (secondary N) is 1. The summed E-state index contributed by atoms with van der Waals surface area (Å²) in [5.41, 5.74) is 4.08. The van der Waals surface area contributed by atoms with Crippen molar-refractivity contribution < 1.29 is 17.7 Å². The fourth-order valence-electron chi connectivity index (χ4n) is 0.0911. The maximum Gasteiger partial charge on any atom is 0.414 e. The summed E-state index contributed by atoms with van der Waals surface area (Å²) in [7, 11) is 0. The third kappa shape index (κ3) is 1.53. The summed E-state index contributed by atoms with van der Waals surface area (Å²) in [5, 5.41) is 3.51. The van der Waals surface area contributed by atoms with Gasteiger partial charge in [0.1, 0.15) is 0 Å². The molecule has 0 saturated heterocycles. The van der Waals surface area contributed by atoms with Crippen LogP contribution in [0.3, 0.4) is 0 Å². The van der Waals surface area contributed by atoms with Crippen LogP contribution < -0.4 is 5.73 Å². The van der Waals surface area contributed by atoms with Gasteiger partial charge in [0.2, 0.25) is 0 Å². The van der Waals surface area contributed by atoms with Crippen molar-refractivity contribution in [2.45, 2.75) is 6.05 Å². The first kappa shape index (κ1) is 8.15. The molecule has 0 aliphatic rings. The predicted octanol–water partition coefficient (Wildman–Crippen LogP) is 0.586. The molecule has 9 heavy (non-hydrogen) atoms. The summed E-state index contributed by atoms with van der Waals surface area (Å²) in [6.07, 6.45) is 0. The van der Waals surface area contributed by atoms with Crippen LogP contribution in [-0.2, 0) is 0 Å². The van der Waals surface area contributed by atoms with Crippen molar-refractivity contribution in [1.29, 1.82) is 5.41 Å². The van der Waals surface area contributed by atoms with Crippen LogP contribution in [0.25, 0.3) is 0 Å². The third-order valence-corrected chi connectivity index (χ3v) is 0.536. The Hall–Kier alpha value is -0.850. The van der Waals surface area contributed by atoms with Crippen molar-refractivity contribution in [1.82, 2.24) is 5.34 Å². The summed E-state index contributed by atoms with van der Waals surface area (Å²) >= 11 is 0. The number of rotatable bonds is 2. The highest BCUT2D eigenvalue weighted by Gasteiger charge is 2.43. The fraction of sp³-hybridized carbons (Fsp3) is 0.500. The number of hydrogen-bond acceptors (Lipinski definition) is 2. The van der Waals surface area contributed by atoms with E-state index in [1.807, 2.05) is 0 Å². The Kier molecular flexibility index (Phi) is 1.97. The zero-order chi connectivity index (χ0) is 7.65. The number of amidine groups is 1. The monoisotopic (exact) mass is 145 g/mol. The summed E-state index contributed by atoms with van der Waals surface area (Å²) < 4.78 is 44.8. The van der Waals surface area contributed by atoms with E-state index in [-0.39, 0.29) is 0 Å². The Morgan fingerprint density at radius 2 is 1.78 bits per heavy atom. The van der Waals surface area contributed by atoms with Gasteiger partial charge in [-0.05, 0) is 0 Å². The lowest BCUT2D eigenvalue weighted by Crippen LogP contribution is -2.43. The van der Waals surface area contributed by atoms with Crippen LogP contribution in [0.4, 0.5) is 17.7 Å². The quantitative estimate of drug-likeness (QED) is 0.196. The van der Waals surface area contributed by atoms with Gasteiger partial charge in [-0.15, -0.1) is 0 Å². The first-order valence-corrected chi connectivity index (χ1v) is 1.73. The molecule has 0 aromatic rings. The van der Waals surface area contributed by atoms with Gasteiger partial charge >= 0.3 is 6.05 Å². The molecule has 0 rings (SSSR count). The van der Waals surface area contributed by atoms with E-state index in [0.29, 0.717) is 0 Å². The molecule has 0 atom stereocenters. The molecule has 0 heterocycles. The zero-order valence-electron chi connectivity index (χ0n) is 4.04. The predicted molar refractivity (Wildman–Crippen MR) is 20.9 cm³/mol. The molecule has 0 fully saturated rings. The molecule has 0 unspecified atom stereocenters. The SMILES string of the molecule is N=C(N)C(F)(F)N(F)F. The summed E-state index contributed by atoms with van der Waals surface area (Å²) in [5.74, 6) is -1.88. The molecule has 0 aromatic carbocycles. The largest absolute Gasteiger partial charge is 0.414 e. The van der Waals surface area contributed by atoms with E-state index >= 15 is 0 Å². The molecule has 0 radical (unpaired) electrons. The minimum absolute atomic E-state index is 1.88.